The molecule has 8 heavy (non-hydrogen) atoms. The summed E-state index contributed by atoms with van der Waals surface area (Å²) in [5, 5.41) is 0. The van der Waals surface area contributed by atoms with Crippen LogP contribution in [0.4, 0.5) is 0 Å². The average molecular weight is 260 g/mol. The average Bonchev–Trinajstić information content (AvgIpc) is 1.69. The molecule has 2 heteroatoms. The first-order valence-corrected chi connectivity index (χ1v) is 3.03. The molecule has 0 aliphatic heterocycles. The van der Waals surface area contributed by atoms with E-state index in [1.807, 2.05) is 6.92 Å². The summed E-state index contributed by atoms with van der Waals surface area (Å²) in [5.41, 5.74) is 0. The normalized spacial score (nSPS) is 5.88. The van der Waals surface area contributed by atoms with Crippen molar-refractivity contribution in [3.05, 3.63) is 0 Å². The van der Waals surface area contributed by atoms with Gasteiger partial charge < -0.3 is 0 Å². The first kappa shape index (κ1) is 16.2. The molecule has 0 amide bonds. The van der Waals surface area contributed by atoms with Crippen molar-refractivity contribution < 1.29 is 38.2 Å². The Balaban J connectivity index is -0.0000000575. The van der Waals surface area contributed by atoms with Gasteiger partial charge in [-0.15, -0.1) is 0 Å². The molecule has 0 aliphatic carbocycles. The van der Waals surface area contributed by atoms with Gasteiger partial charge in [0.25, 0.3) is 0 Å². The summed E-state index contributed by atoms with van der Waals surface area (Å²) in [6.07, 6.45) is 3.39. The molecule has 0 bridgehead atoms. The Kier molecular flexibility index (Phi) is 48.2. The standard InChI is InChI=1S/C4H10.C2H5B.Dy/c1-3-4-2;1-2-3;/h3-4H2,1-2H3;2H2,1H3;. The molecule has 2 radical (unpaired) electrons. The fourth-order valence-electron chi connectivity index (χ4n) is 0. The van der Waals surface area contributed by atoms with E-state index in [1.54, 1.807) is 0 Å². The van der Waals surface area contributed by atoms with Crippen molar-refractivity contribution >= 4 is 7.85 Å². The maximum atomic E-state index is 4.85. The number of unbranched alkanes of at least 4 members (excludes halogenated alkanes) is 1. The van der Waals surface area contributed by atoms with Crippen LogP contribution < -0.4 is 0 Å². The molecular formula is C6H15BDy. The van der Waals surface area contributed by atoms with E-state index in [0.29, 0.717) is 0 Å². The molecule has 0 nitrogen and oxygen atoms in total. The molecule has 0 rings (SSSR count). The van der Waals surface area contributed by atoms with Gasteiger partial charge in [-0.3, -0.25) is 0 Å². The molecule has 0 aromatic heterocycles. The summed E-state index contributed by atoms with van der Waals surface area (Å²) in [4.78, 5) is 0. The van der Waals surface area contributed by atoms with Crippen LogP contribution in [-0.2, 0) is 0 Å². The van der Waals surface area contributed by atoms with Crippen LogP contribution in [0.25, 0.3) is 0 Å². The van der Waals surface area contributed by atoms with Gasteiger partial charge in [0.05, 0.1) is 7.85 Å². The van der Waals surface area contributed by atoms with Crippen molar-refractivity contribution in [1.82, 2.24) is 0 Å². The summed E-state index contributed by atoms with van der Waals surface area (Å²) in [6, 6.07) is 0. The third-order valence-corrected chi connectivity index (χ3v) is 0.500. The predicted molar refractivity (Wildman–Crippen MR) is 36.8 cm³/mol. The summed E-state index contributed by atoms with van der Waals surface area (Å²) < 4.78 is 0. The van der Waals surface area contributed by atoms with Crippen LogP contribution in [0, 0.1) is 38.2 Å². The quantitative estimate of drug-likeness (QED) is 0.635. The Hall–Kier alpha value is 1.34. The van der Waals surface area contributed by atoms with Crippen LogP contribution in [0.5, 0.6) is 0 Å². The van der Waals surface area contributed by atoms with Crippen LogP contribution >= 0.6 is 0 Å². The van der Waals surface area contributed by atoms with E-state index >= 15 is 0 Å². The minimum absolute atomic E-state index is 0. The Morgan fingerprint density at radius 2 is 1.12 bits per heavy atom. The predicted octanol–water partition coefficient (Wildman–Crippen LogP) is 2.40. The van der Waals surface area contributed by atoms with E-state index in [2.05, 4.69) is 13.8 Å². The van der Waals surface area contributed by atoms with Crippen LogP contribution in [0.2, 0.25) is 6.32 Å². The van der Waals surface area contributed by atoms with Gasteiger partial charge in [0.15, 0.2) is 0 Å². The molecule has 52 valence electrons. The van der Waals surface area contributed by atoms with Crippen molar-refractivity contribution in [2.24, 2.45) is 0 Å². The molecule has 0 N–H and O–H groups in total. The van der Waals surface area contributed by atoms with Gasteiger partial charge in [0.2, 0.25) is 0 Å². The van der Waals surface area contributed by atoms with Gasteiger partial charge in [0, 0.05) is 38.2 Å². The number of hydrogen-bond acceptors (Lipinski definition) is 0. The van der Waals surface area contributed by atoms with Crippen LogP contribution in [-0.4, -0.2) is 7.85 Å². The fraction of sp³-hybridized carbons (Fsp3) is 1.00. The van der Waals surface area contributed by atoms with Gasteiger partial charge in [-0.25, -0.2) is 0 Å². The van der Waals surface area contributed by atoms with Gasteiger partial charge in [-0.2, -0.15) is 0 Å². The Labute approximate surface area is 85.2 Å². The Bertz CT molecular complexity index is 16.0. The van der Waals surface area contributed by atoms with E-state index in [9.17, 15) is 0 Å². The van der Waals surface area contributed by atoms with Crippen molar-refractivity contribution in [3.63, 3.8) is 0 Å². The summed E-state index contributed by atoms with van der Waals surface area (Å²) >= 11 is 0. The maximum Gasteiger partial charge on any atom is 0.0649 e. The first-order valence-electron chi connectivity index (χ1n) is 3.03. The maximum absolute atomic E-state index is 4.85. The second-order valence-electron chi connectivity index (χ2n) is 1.41. The zero-order valence-electron chi connectivity index (χ0n) is 6.01. The third kappa shape index (κ3) is 53.9. The Morgan fingerprint density at radius 1 is 1.00 bits per heavy atom. The topological polar surface area (TPSA) is 0 Å². The van der Waals surface area contributed by atoms with Crippen LogP contribution in [0.15, 0.2) is 0 Å². The van der Waals surface area contributed by atoms with E-state index in [1.165, 1.54) is 12.8 Å². The number of hydrogen-bond donors (Lipinski definition) is 0. The molecule has 0 unspecified atom stereocenters. The van der Waals surface area contributed by atoms with Gasteiger partial charge in [0.1, 0.15) is 0 Å². The minimum Gasteiger partial charge on any atom is -0.0915 e. The second-order valence-corrected chi connectivity index (χ2v) is 1.41. The molecule has 0 aromatic carbocycles. The zero-order valence-corrected chi connectivity index (χ0v) is 8.04. The zero-order chi connectivity index (χ0) is 6.12. The van der Waals surface area contributed by atoms with Gasteiger partial charge >= 0.3 is 0 Å². The summed E-state index contributed by atoms with van der Waals surface area (Å²) in [6.45, 7) is 6.26. The van der Waals surface area contributed by atoms with E-state index in [0.717, 1.165) is 6.32 Å². The van der Waals surface area contributed by atoms with E-state index < -0.39 is 0 Å². The summed E-state index contributed by atoms with van der Waals surface area (Å²) in [5.74, 6) is 0. The van der Waals surface area contributed by atoms with Crippen molar-refractivity contribution in [3.8, 4) is 0 Å². The van der Waals surface area contributed by atoms with Gasteiger partial charge in [-0.05, 0) is 0 Å². The molecule has 0 fully saturated rings. The fourth-order valence-corrected chi connectivity index (χ4v) is 0. The third-order valence-electron chi connectivity index (χ3n) is 0.500. The molecule has 0 saturated heterocycles. The number of rotatable bonds is 1. The molecule has 0 spiro atoms. The van der Waals surface area contributed by atoms with E-state index in [-0.39, 0.29) is 38.2 Å². The largest absolute Gasteiger partial charge is 0.0915 e. The van der Waals surface area contributed by atoms with Crippen LogP contribution in [0.1, 0.15) is 33.6 Å². The molecule has 0 aromatic rings. The van der Waals surface area contributed by atoms with Crippen molar-refractivity contribution in [2.75, 3.05) is 0 Å². The van der Waals surface area contributed by atoms with E-state index in [4.69, 9.17) is 7.85 Å². The van der Waals surface area contributed by atoms with Crippen molar-refractivity contribution in [1.29, 1.82) is 0 Å². The first-order chi connectivity index (χ1) is 3.33. The molecule has 0 atom stereocenters. The monoisotopic (exact) mass is 262 g/mol. The van der Waals surface area contributed by atoms with Crippen molar-refractivity contribution in [2.45, 2.75) is 39.9 Å². The molecule has 0 heterocycles. The smallest absolute Gasteiger partial charge is 0.0649 e. The van der Waals surface area contributed by atoms with Crippen LogP contribution in [0.3, 0.4) is 0 Å². The minimum atomic E-state index is 0. The Morgan fingerprint density at radius 3 is 1.12 bits per heavy atom. The SMILES string of the molecule is CCCC.[B]CC.[Dy]. The molecule has 0 aliphatic rings. The van der Waals surface area contributed by atoms with Gasteiger partial charge in [-0.1, -0.05) is 39.9 Å². The summed E-state index contributed by atoms with van der Waals surface area (Å²) in [7, 11) is 4.85. The molecule has 0 saturated carbocycles. The second kappa shape index (κ2) is 23.9. The molecular weight excluding hydrogens is 245 g/mol.